The van der Waals surface area contributed by atoms with Gasteiger partial charge in [-0.1, -0.05) is 0 Å². The Kier molecular flexibility index (Phi) is 3.20. The van der Waals surface area contributed by atoms with E-state index in [0.717, 1.165) is 17.3 Å². The average Bonchev–Trinajstić information content (AvgIpc) is 2.38. The highest BCUT2D eigenvalue weighted by molar-refractivity contribution is 5.84. The molecule has 84 valence electrons. The molecule has 0 bridgehead atoms. The lowest BCUT2D eigenvalue weighted by molar-refractivity contribution is -0.131. The number of aromatic nitrogens is 3. The summed E-state index contributed by atoms with van der Waals surface area (Å²) in [4.78, 5) is 22.5. The summed E-state index contributed by atoms with van der Waals surface area (Å²) in [6.07, 6.45) is 7.29. The molecular weight excluding hydrogens is 218 g/mol. The highest BCUT2D eigenvalue weighted by Gasteiger charge is 1.99. The molecule has 0 radical (unpaired) electrons. The quantitative estimate of drug-likeness (QED) is 0.806. The molecule has 0 fully saturated rings. The summed E-state index contributed by atoms with van der Waals surface area (Å²) in [7, 11) is 0. The molecule has 1 N–H and O–H groups in total. The Morgan fingerprint density at radius 1 is 1.18 bits per heavy atom. The zero-order chi connectivity index (χ0) is 12.1. The Morgan fingerprint density at radius 2 is 1.94 bits per heavy atom. The van der Waals surface area contributed by atoms with Crippen molar-refractivity contribution in [3.8, 4) is 11.3 Å². The fourth-order valence-corrected chi connectivity index (χ4v) is 1.28. The molecule has 0 aliphatic rings. The van der Waals surface area contributed by atoms with E-state index in [-0.39, 0.29) is 0 Å². The Hall–Kier alpha value is -2.56. The summed E-state index contributed by atoms with van der Waals surface area (Å²) < 4.78 is 0. The molecule has 5 nitrogen and oxygen atoms in total. The minimum atomic E-state index is -1.03. The molecule has 0 amide bonds. The van der Waals surface area contributed by atoms with Crippen molar-refractivity contribution in [2.75, 3.05) is 0 Å². The van der Waals surface area contributed by atoms with E-state index >= 15 is 0 Å². The van der Waals surface area contributed by atoms with Gasteiger partial charge in [0, 0.05) is 30.2 Å². The molecule has 0 unspecified atom stereocenters. The standard InChI is InChI=1S/C12H9N3O2/c16-12(17)2-1-11-14-8-5-10(15-11)9-3-6-13-7-4-9/h1-8H,(H,16,17)/b2-1+. The van der Waals surface area contributed by atoms with Crippen molar-refractivity contribution in [2.24, 2.45) is 0 Å². The number of carboxylic acids is 1. The second kappa shape index (κ2) is 4.98. The minimum absolute atomic E-state index is 0.363. The zero-order valence-electron chi connectivity index (χ0n) is 8.82. The lowest BCUT2D eigenvalue weighted by Gasteiger charge is -2.00. The van der Waals surface area contributed by atoms with Gasteiger partial charge in [0.2, 0.25) is 0 Å². The predicted octanol–water partition coefficient (Wildman–Crippen LogP) is 1.64. The number of nitrogens with zero attached hydrogens (tertiary/aromatic N) is 3. The van der Waals surface area contributed by atoms with E-state index in [0.29, 0.717) is 5.82 Å². The molecule has 0 aliphatic heterocycles. The molecule has 2 heterocycles. The van der Waals surface area contributed by atoms with Crippen LogP contribution in [0.2, 0.25) is 0 Å². The SMILES string of the molecule is O=C(O)/C=C/c1nccc(-c2ccncc2)n1. The van der Waals surface area contributed by atoms with E-state index in [2.05, 4.69) is 15.0 Å². The molecule has 0 spiro atoms. The topological polar surface area (TPSA) is 76.0 Å². The van der Waals surface area contributed by atoms with Crippen LogP contribution >= 0.6 is 0 Å². The van der Waals surface area contributed by atoms with E-state index in [1.165, 1.54) is 6.08 Å². The smallest absolute Gasteiger partial charge is 0.328 e. The third-order valence-corrected chi connectivity index (χ3v) is 2.03. The van der Waals surface area contributed by atoms with Gasteiger partial charge in [-0.05, 0) is 24.3 Å². The third kappa shape index (κ3) is 2.94. The first-order valence-corrected chi connectivity index (χ1v) is 4.90. The molecular formula is C12H9N3O2. The maximum absolute atomic E-state index is 10.4. The molecule has 5 heteroatoms. The van der Waals surface area contributed by atoms with Crippen molar-refractivity contribution in [3.63, 3.8) is 0 Å². The fraction of sp³-hybridized carbons (Fsp3) is 0. The Balaban J connectivity index is 2.32. The van der Waals surface area contributed by atoms with E-state index in [9.17, 15) is 4.79 Å². The number of rotatable bonds is 3. The molecule has 2 aromatic heterocycles. The maximum atomic E-state index is 10.4. The summed E-state index contributed by atoms with van der Waals surface area (Å²) >= 11 is 0. The van der Waals surface area contributed by atoms with Gasteiger partial charge in [-0.15, -0.1) is 0 Å². The van der Waals surface area contributed by atoms with E-state index in [4.69, 9.17) is 5.11 Å². The van der Waals surface area contributed by atoms with Gasteiger partial charge in [-0.25, -0.2) is 14.8 Å². The summed E-state index contributed by atoms with van der Waals surface area (Å²) in [6, 6.07) is 5.41. The number of hydrogen-bond acceptors (Lipinski definition) is 4. The summed E-state index contributed by atoms with van der Waals surface area (Å²) in [5.74, 6) is -0.662. The number of pyridine rings is 1. The van der Waals surface area contributed by atoms with Crippen molar-refractivity contribution in [1.82, 2.24) is 15.0 Å². The van der Waals surface area contributed by atoms with Gasteiger partial charge in [0.25, 0.3) is 0 Å². The summed E-state index contributed by atoms with van der Waals surface area (Å²) in [5.41, 5.74) is 1.64. The fourth-order valence-electron chi connectivity index (χ4n) is 1.28. The monoisotopic (exact) mass is 227 g/mol. The largest absolute Gasteiger partial charge is 0.478 e. The Labute approximate surface area is 97.5 Å². The second-order valence-corrected chi connectivity index (χ2v) is 3.21. The van der Waals surface area contributed by atoms with Crippen LogP contribution in [0.4, 0.5) is 0 Å². The van der Waals surface area contributed by atoms with Gasteiger partial charge in [-0.2, -0.15) is 0 Å². The number of carbonyl (C=O) groups is 1. The third-order valence-electron chi connectivity index (χ3n) is 2.03. The van der Waals surface area contributed by atoms with Crippen LogP contribution in [-0.2, 0) is 4.79 Å². The maximum Gasteiger partial charge on any atom is 0.328 e. The van der Waals surface area contributed by atoms with Crippen LogP contribution in [0.25, 0.3) is 17.3 Å². The molecule has 17 heavy (non-hydrogen) atoms. The first-order valence-electron chi connectivity index (χ1n) is 4.90. The minimum Gasteiger partial charge on any atom is -0.478 e. The molecule has 0 saturated heterocycles. The van der Waals surface area contributed by atoms with Gasteiger partial charge in [0.15, 0.2) is 5.82 Å². The first-order chi connectivity index (χ1) is 8.25. The second-order valence-electron chi connectivity index (χ2n) is 3.21. The predicted molar refractivity (Wildman–Crippen MR) is 61.9 cm³/mol. The molecule has 2 aromatic rings. The molecule has 0 saturated carbocycles. The van der Waals surface area contributed by atoms with Gasteiger partial charge in [0.05, 0.1) is 5.69 Å². The highest BCUT2D eigenvalue weighted by atomic mass is 16.4. The Bertz CT molecular complexity index is 553. The highest BCUT2D eigenvalue weighted by Crippen LogP contribution is 2.14. The van der Waals surface area contributed by atoms with Crippen LogP contribution in [0.3, 0.4) is 0 Å². The summed E-state index contributed by atoms with van der Waals surface area (Å²) in [5, 5.41) is 8.51. The molecule has 0 aliphatic carbocycles. The van der Waals surface area contributed by atoms with E-state index in [1.54, 1.807) is 24.7 Å². The molecule has 0 atom stereocenters. The van der Waals surface area contributed by atoms with Crippen LogP contribution in [0, 0.1) is 0 Å². The van der Waals surface area contributed by atoms with Crippen LogP contribution < -0.4 is 0 Å². The number of carboxylic acid groups (broad SMARTS) is 1. The molecule has 2 rings (SSSR count). The van der Waals surface area contributed by atoms with Crippen molar-refractivity contribution in [2.45, 2.75) is 0 Å². The van der Waals surface area contributed by atoms with Crippen LogP contribution in [0.15, 0.2) is 42.9 Å². The van der Waals surface area contributed by atoms with Gasteiger partial charge in [-0.3, -0.25) is 4.98 Å². The van der Waals surface area contributed by atoms with E-state index in [1.807, 2.05) is 12.1 Å². The van der Waals surface area contributed by atoms with Crippen molar-refractivity contribution in [1.29, 1.82) is 0 Å². The lowest BCUT2D eigenvalue weighted by Crippen LogP contribution is -1.92. The van der Waals surface area contributed by atoms with Gasteiger partial charge < -0.3 is 5.11 Å². The average molecular weight is 227 g/mol. The lowest BCUT2D eigenvalue weighted by atomic mass is 10.2. The van der Waals surface area contributed by atoms with Crippen LogP contribution in [0.1, 0.15) is 5.82 Å². The molecule has 0 aromatic carbocycles. The Morgan fingerprint density at radius 3 is 2.65 bits per heavy atom. The number of hydrogen-bond donors (Lipinski definition) is 1. The van der Waals surface area contributed by atoms with Crippen molar-refractivity contribution < 1.29 is 9.90 Å². The van der Waals surface area contributed by atoms with E-state index < -0.39 is 5.97 Å². The van der Waals surface area contributed by atoms with Crippen molar-refractivity contribution in [3.05, 3.63) is 48.7 Å². The van der Waals surface area contributed by atoms with Gasteiger partial charge in [0.1, 0.15) is 0 Å². The first kappa shape index (κ1) is 10.9. The summed E-state index contributed by atoms with van der Waals surface area (Å²) in [6.45, 7) is 0. The van der Waals surface area contributed by atoms with Crippen LogP contribution in [0.5, 0.6) is 0 Å². The number of aliphatic carboxylic acids is 1. The van der Waals surface area contributed by atoms with Crippen molar-refractivity contribution >= 4 is 12.0 Å². The zero-order valence-corrected chi connectivity index (χ0v) is 8.82. The van der Waals surface area contributed by atoms with Crippen LogP contribution in [-0.4, -0.2) is 26.0 Å². The van der Waals surface area contributed by atoms with Gasteiger partial charge >= 0.3 is 5.97 Å². The normalized spacial score (nSPS) is 10.6.